The Morgan fingerprint density at radius 2 is 1.95 bits per heavy atom. The third-order valence-corrected chi connectivity index (χ3v) is 2.92. The van der Waals surface area contributed by atoms with Crippen molar-refractivity contribution in [3.8, 4) is 0 Å². The molecule has 0 saturated carbocycles. The fraction of sp³-hybridized carbons (Fsp3) is 0.133. The normalized spacial score (nSPS) is 10.1. The Morgan fingerprint density at radius 3 is 2.55 bits per heavy atom. The van der Waals surface area contributed by atoms with E-state index in [1.807, 2.05) is 31.2 Å². The van der Waals surface area contributed by atoms with Gasteiger partial charge in [0.15, 0.2) is 0 Å². The molecule has 20 heavy (non-hydrogen) atoms. The number of aryl methyl sites for hydroxylation is 1. The van der Waals surface area contributed by atoms with Crippen LogP contribution in [0.4, 0.5) is 5.69 Å². The van der Waals surface area contributed by atoms with Crippen LogP contribution in [-0.4, -0.2) is 16.8 Å². The molecule has 0 fully saturated rings. The molecule has 0 aliphatic rings. The van der Waals surface area contributed by atoms with Crippen LogP contribution in [0.15, 0.2) is 42.6 Å². The van der Waals surface area contributed by atoms with E-state index < -0.39 is 5.91 Å². The van der Waals surface area contributed by atoms with Gasteiger partial charge in [-0.3, -0.25) is 14.6 Å². The second-order valence-electron chi connectivity index (χ2n) is 4.26. The first-order valence-electron chi connectivity index (χ1n) is 6.27. The van der Waals surface area contributed by atoms with E-state index >= 15 is 0 Å². The number of para-hydroxylation sites is 1. The van der Waals surface area contributed by atoms with E-state index in [0.717, 1.165) is 17.7 Å². The molecule has 1 heterocycles. The second-order valence-corrected chi connectivity index (χ2v) is 4.26. The zero-order chi connectivity index (χ0) is 14.5. The molecule has 0 radical (unpaired) electrons. The van der Waals surface area contributed by atoms with Crippen LogP contribution in [0.2, 0.25) is 0 Å². The zero-order valence-corrected chi connectivity index (χ0v) is 11.1. The molecular weight excluding hydrogens is 254 g/mol. The molecule has 5 heteroatoms. The Morgan fingerprint density at radius 1 is 1.20 bits per heavy atom. The van der Waals surface area contributed by atoms with Crippen molar-refractivity contribution >= 4 is 17.5 Å². The van der Waals surface area contributed by atoms with Crippen molar-refractivity contribution in [1.82, 2.24) is 4.98 Å². The van der Waals surface area contributed by atoms with Gasteiger partial charge in [0, 0.05) is 11.9 Å². The van der Waals surface area contributed by atoms with Gasteiger partial charge in [0.05, 0.1) is 5.56 Å². The van der Waals surface area contributed by atoms with Crippen LogP contribution in [0, 0.1) is 0 Å². The maximum atomic E-state index is 12.1. The molecule has 0 bridgehead atoms. The molecule has 1 aromatic carbocycles. The molecule has 102 valence electrons. The van der Waals surface area contributed by atoms with E-state index in [2.05, 4.69) is 10.3 Å². The van der Waals surface area contributed by atoms with Gasteiger partial charge < -0.3 is 11.1 Å². The van der Waals surface area contributed by atoms with E-state index in [-0.39, 0.29) is 11.6 Å². The van der Waals surface area contributed by atoms with Gasteiger partial charge in [-0.15, -0.1) is 0 Å². The summed E-state index contributed by atoms with van der Waals surface area (Å²) >= 11 is 0. The van der Waals surface area contributed by atoms with Gasteiger partial charge in [-0.2, -0.15) is 0 Å². The van der Waals surface area contributed by atoms with Crippen LogP contribution in [0.5, 0.6) is 0 Å². The maximum absolute atomic E-state index is 12.1. The first kappa shape index (κ1) is 13.7. The number of nitrogens with zero attached hydrogens (tertiary/aromatic N) is 1. The van der Waals surface area contributed by atoms with Gasteiger partial charge in [-0.1, -0.05) is 25.1 Å². The molecule has 3 N–H and O–H groups in total. The van der Waals surface area contributed by atoms with Gasteiger partial charge in [-0.25, -0.2) is 0 Å². The van der Waals surface area contributed by atoms with Crippen LogP contribution >= 0.6 is 0 Å². The number of amides is 2. The lowest BCUT2D eigenvalue weighted by Gasteiger charge is -2.09. The van der Waals surface area contributed by atoms with Gasteiger partial charge in [-0.05, 0) is 30.2 Å². The van der Waals surface area contributed by atoms with Crippen LogP contribution in [0.25, 0.3) is 0 Å². The lowest BCUT2D eigenvalue weighted by atomic mass is 10.1. The smallest absolute Gasteiger partial charge is 0.267 e. The molecule has 2 amide bonds. The Bertz CT molecular complexity index is 636. The van der Waals surface area contributed by atoms with Crippen molar-refractivity contribution in [2.45, 2.75) is 13.3 Å². The molecule has 0 unspecified atom stereocenters. The van der Waals surface area contributed by atoms with Crippen molar-refractivity contribution in [3.05, 3.63) is 59.4 Å². The molecule has 5 nitrogen and oxygen atoms in total. The van der Waals surface area contributed by atoms with E-state index in [0.29, 0.717) is 5.56 Å². The minimum Gasteiger partial charge on any atom is -0.364 e. The van der Waals surface area contributed by atoms with E-state index in [9.17, 15) is 9.59 Å². The number of anilines is 1. The molecule has 0 spiro atoms. The third-order valence-electron chi connectivity index (χ3n) is 2.92. The number of nitrogens with one attached hydrogen (secondary N) is 1. The zero-order valence-electron chi connectivity index (χ0n) is 11.1. The minimum atomic E-state index is -0.617. The summed E-state index contributed by atoms with van der Waals surface area (Å²) in [4.78, 5) is 26.9. The number of nitrogens with two attached hydrogens (primary N) is 1. The maximum Gasteiger partial charge on any atom is 0.267 e. The van der Waals surface area contributed by atoms with Crippen molar-refractivity contribution in [2.75, 3.05) is 5.32 Å². The van der Waals surface area contributed by atoms with Crippen LogP contribution < -0.4 is 11.1 Å². The molecule has 0 aliphatic heterocycles. The van der Waals surface area contributed by atoms with E-state index in [4.69, 9.17) is 5.73 Å². The number of benzene rings is 1. The molecule has 0 atom stereocenters. The molecule has 0 saturated heterocycles. The van der Waals surface area contributed by atoms with E-state index in [1.54, 1.807) is 0 Å². The fourth-order valence-electron chi connectivity index (χ4n) is 1.82. The number of aromatic nitrogens is 1. The Balaban J connectivity index is 2.17. The highest BCUT2D eigenvalue weighted by Crippen LogP contribution is 2.16. The molecule has 0 aliphatic carbocycles. The standard InChI is InChI=1S/C15H15N3O2/c1-2-10-5-3-4-6-12(10)18-15(20)11-7-8-13(14(16)19)17-9-11/h3-9H,2H2,1H3,(H2,16,19)(H,18,20). The highest BCUT2D eigenvalue weighted by atomic mass is 16.2. The first-order chi connectivity index (χ1) is 9.61. The largest absolute Gasteiger partial charge is 0.364 e. The molecule has 2 rings (SSSR count). The summed E-state index contributed by atoms with van der Waals surface area (Å²) in [5.41, 5.74) is 7.44. The monoisotopic (exact) mass is 269 g/mol. The second kappa shape index (κ2) is 5.97. The lowest BCUT2D eigenvalue weighted by Crippen LogP contribution is -2.16. The van der Waals surface area contributed by atoms with Crippen molar-refractivity contribution < 1.29 is 9.59 Å². The number of carbonyl (C=O) groups is 2. The average Bonchev–Trinajstić information content (AvgIpc) is 2.48. The Hall–Kier alpha value is -2.69. The Kier molecular flexibility index (Phi) is 4.10. The van der Waals surface area contributed by atoms with Gasteiger partial charge in [0.2, 0.25) is 0 Å². The molecule has 2 aromatic rings. The number of hydrogen-bond acceptors (Lipinski definition) is 3. The summed E-state index contributed by atoms with van der Waals surface area (Å²) in [7, 11) is 0. The summed E-state index contributed by atoms with van der Waals surface area (Å²) < 4.78 is 0. The van der Waals surface area contributed by atoms with Crippen molar-refractivity contribution in [2.24, 2.45) is 5.73 Å². The van der Waals surface area contributed by atoms with Crippen molar-refractivity contribution in [1.29, 1.82) is 0 Å². The van der Waals surface area contributed by atoms with Gasteiger partial charge in [0.1, 0.15) is 5.69 Å². The third kappa shape index (κ3) is 3.00. The molecular formula is C15H15N3O2. The number of hydrogen-bond donors (Lipinski definition) is 2. The number of carbonyl (C=O) groups excluding carboxylic acids is 2. The number of rotatable bonds is 4. The van der Waals surface area contributed by atoms with Crippen LogP contribution in [0.1, 0.15) is 33.3 Å². The summed E-state index contributed by atoms with van der Waals surface area (Å²) in [6, 6.07) is 10.6. The highest BCUT2D eigenvalue weighted by molar-refractivity contribution is 6.04. The summed E-state index contributed by atoms with van der Waals surface area (Å²) in [5.74, 6) is -0.886. The Labute approximate surface area is 116 Å². The van der Waals surface area contributed by atoms with Gasteiger partial charge in [0.25, 0.3) is 11.8 Å². The minimum absolute atomic E-state index is 0.135. The fourth-order valence-corrected chi connectivity index (χ4v) is 1.82. The predicted octanol–water partition coefficient (Wildman–Crippen LogP) is 2.00. The first-order valence-corrected chi connectivity index (χ1v) is 6.27. The highest BCUT2D eigenvalue weighted by Gasteiger charge is 2.10. The topological polar surface area (TPSA) is 85.1 Å². The van der Waals surface area contributed by atoms with Crippen LogP contribution in [0.3, 0.4) is 0 Å². The summed E-state index contributed by atoms with van der Waals surface area (Å²) in [6.45, 7) is 2.02. The summed E-state index contributed by atoms with van der Waals surface area (Å²) in [5, 5.41) is 2.83. The van der Waals surface area contributed by atoms with E-state index in [1.165, 1.54) is 18.3 Å². The number of pyridine rings is 1. The summed E-state index contributed by atoms with van der Waals surface area (Å²) in [6.07, 6.45) is 2.17. The van der Waals surface area contributed by atoms with Gasteiger partial charge >= 0.3 is 0 Å². The SMILES string of the molecule is CCc1ccccc1NC(=O)c1ccc(C(N)=O)nc1. The molecule has 1 aromatic heterocycles. The number of primary amides is 1. The van der Waals surface area contributed by atoms with Crippen molar-refractivity contribution in [3.63, 3.8) is 0 Å². The predicted molar refractivity (Wildman–Crippen MR) is 76.5 cm³/mol. The van der Waals surface area contributed by atoms with Crippen LogP contribution in [-0.2, 0) is 6.42 Å². The quantitative estimate of drug-likeness (QED) is 0.890. The average molecular weight is 269 g/mol. The lowest BCUT2D eigenvalue weighted by molar-refractivity contribution is 0.0990.